The predicted molar refractivity (Wildman–Crippen MR) is 123 cm³/mol. The van der Waals surface area contributed by atoms with Gasteiger partial charge >= 0.3 is 5.97 Å². The van der Waals surface area contributed by atoms with Gasteiger partial charge in [-0.15, -0.1) is 0 Å². The van der Waals surface area contributed by atoms with E-state index in [-0.39, 0.29) is 17.9 Å². The van der Waals surface area contributed by atoms with Crippen LogP contribution >= 0.6 is 0 Å². The van der Waals surface area contributed by atoms with Gasteiger partial charge in [0, 0.05) is 24.3 Å². The van der Waals surface area contributed by atoms with E-state index in [2.05, 4.69) is 11.9 Å². The Balaban J connectivity index is 1.96. The fourth-order valence-corrected chi connectivity index (χ4v) is 3.36. The summed E-state index contributed by atoms with van der Waals surface area (Å²) in [6.07, 6.45) is 0.779. The Morgan fingerprint density at radius 1 is 0.875 bits per heavy atom. The van der Waals surface area contributed by atoms with Crippen molar-refractivity contribution in [3.63, 3.8) is 0 Å². The van der Waals surface area contributed by atoms with Crippen LogP contribution in [-0.2, 0) is 29.1 Å². The number of carbonyl (C=O) groups excluding carboxylic acids is 2. The maximum atomic E-state index is 13.6. The van der Waals surface area contributed by atoms with Gasteiger partial charge in [-0.05, 0) is 41.0 Å². The Bertz CT molecular complexity index is 1070. The smallest absolute Gasteiger partial charge is 0.307 e. The van der Waals surface area contributed by atoms with E-state index in [0.29, 0.717) is 24.3 Å². The Hall–Kier alpha value is -4.19. The first kappa shape index (κ1) is 22.5. The summed E-state index contributed by atoms with van der Waals surface area (Å²) >= 11 is 0. The molecule has 6 heteroatoms. The lowest BCUT2D eigenvalue weighted by Crippen LogP contribution is -2.31. The zero-order valence-corrected chi connectivity index (χ0v) is 17.5. The first-order valence-corrected chi connectivity index (χ1v) is 10.1. The van der Waals surface area contributed by atoms with Crippen molar-refractivity contribution < 1.29 is 19.5 Å². The molecule has 6 nitrogen and oxygen atoms in total. The van der Waals surface area contributed by atoms with Gasteiger partial charge in [0.05, 0.1) is 6.42 Å². The molecular formula is C26H24N2O4. The molecule has 2 N–H and O–H groups in total. The van der Waals surface area contributed by atoms with Gasteiger partial charge in [-0.2, -0.15) is 0 Å². The molecule has 0 aliphatic rings. The lowest BCUT2D eigenvalue weighted by Gasteiger charge is -2.24. The molecule has 162 valence electrons. The minimum atomic E-state index is -1.07. The number of benzene rings is 3. The number of aliphatic carboxylic acids is 1. The van der Waals surface area contributed by atoms with Crippen molar-refractivity contribution in [2.75, 3.05) is 5.32 Å². The molecule has 3 aromatic carbocycles. The SMILES string of the molecule is C=CC(=O)Nc1ccc(C(=O)N(Cc2ccccc2)Cc2ccccc2)c(CC(=O)O)c1. The van der Waals surface area contributed by atoms with Crippen molar-refractivity contribution in [1.29, 1.82) is 0 Å². The average Bonchev–Trinajstić information content (AvgIpc) is 2.79. The number of amides is 2. The van der Waals surface area contributed by atoms with Crippen LogP contribution in [0.5, 0.6) is 0 Å². The van der Waals surface area contributed by atoms with E-state index in [1.54, 1.807) is 17.0 Å². The van der Waals surface area contributed by atoms with Crippen LogP contribution in [0.2, 0.25) is 0 Å². The van der Waals surface area contributed by atoms with E-state index < -0.39 is 11.9 Å². The summed E-state index contributed by atoms with van der Waals surface area (Å²) in [4.78, 5) is 38.3. The topological polar surface area (TPSA) is 86.7 Å². The van der Waals surface area contributed by atoms with Crippen LogP contribution in [0.15, 0.2) is 91.5 Å². The zero-order chi connectivity index (χ0) is 22.9. The summed E-state index contributed by atoms with van der Waals surface area (Å²) in [5.74, 6) is -1.76. The van der Waals surface area contributed by atoms with Crippen molar-refractivity contribution in [3.8, 4) is 0 Å². The van der Waals surface area contributed by atoms with E-state index in [1.807, 2.05) is 60.7 Å². The maximum Gasteiger partial charge on any atom is 0.307 e. The van der Waals surface area contributed by atoms with E-state index in [1.165, 1.54) is 6.07 Å². The quantitative estimate of drug-likeness (QED) is 0.498. The van der Waals surface area contributed by atoms with Crippen molar-refractivity contribution >= 4 is 23.5 Å². The number of carboxylic acid groups (broad SMARTS) is 1. The third kappa shape index (κ3) is 6.15. The second kappa shape index (κ2) is 10.7. The van der Waals surface area contributed by atoms with Crippen molar-refractivity contribution in [2.45, 2.75) is 19.5 Å². The first-order valence-electron chi connectivity index (χ1n) is 10.1. The monoisotopic (exact) mass is 428 g/mol. The number of rotatable bonds is 9. The third-order valence-electron chi connectivity index (χ3n) is 4.85. The van der Waals surface area contributed by atoms with E-state index in [9.17, 15) is 19.5 Å². The average molecular weight is 428 g/mol. The summed E-state index contributed by atoms with van der Waals surface area (Å²) < 4.78 is 0. The molecule has 0 spiro atoms. The normalized spacial score (nSPS) is 10.2. The van der Waals surface area contributed by atoms with Gasteiger partial charge in [0.15, 0.2) is 0 Å². The summed E-state index contributed by atoms with van der Waals surface area (Å²) in [5.41, 5.74) is 2.95. The van der Waals surface area contributed by atoms with Crippen molar-refractivity contribution in [1.82, 2.24) is 4.90 Å². The fraction of sp³-hybridized carbons (Fsp3) is 0.115. The molecule has 0 aliphatic carbocycles. The maximum absolute atomic E-state index is 13.6. The molecule has 0 aliphatic heterocycles. The fourth-order valence-electron chi connectivity index (χ4n) is 3.36. The molecule has 0 unspecified atom stereocenters. The summed E-state index contributed by atoms with van der Waals surface area (Å²) in [6.45, 7) is 4.15. The van der Waals surface area contributed by atoms with Gasteiger partial charge in [0.2, 0.25) is 5.91 Å². The number of carboxylic acids is 1. The highest BCUT2D eigenvalue weighted by Gasteiger charge is 2.21. The molecule has 3 rings (SSSR count). The largest absolute Gasteiger partial charge is 0.481 e. The summed E-state index contributed by atoms with van der Waals surface area (Å²) in [7, 11) is 0. The van der Waals surface area contributed by atoms with Crippen LogP contribution in [0.1, 0.15) is 27.0 Å². The molecule has 2 amide bonds. The van der Waals surface area contributed by atoms with Gasteiger partial charge in [-0.3, -0.25) is 14.4 Å². The lowest BCUT2D eigenvalue weighted by molar-refractivity contribution is -0.136. The van der Waals surface area contributed by atoms with Crippen LogP contribution in [0.4, 0.5) is 5.69 Å². The van der Waals surface area contributed by atoms with E-state index in [4.69, 9.17) is 0 Å². The van der Waals surface area contributed by atoms with Gasteiger partial charge in [0.1, 0.15) is 0 Å². The number of hydrogen-bond acceptors (Lipinski definition) is 3. The summed E-state index contributed by atoms with van der Waals surface area (Å²) in [5, 5.41) is 12.0. The summed E-state index contributed by atoms with van der Waals surface area (Å²) in [6, 6.07) is 23.9. The molecule has 0 atom stereocenters. The van der Waals surface area contributed by atoms with Crippen LogP contribution in [0.3, 0.4) is 0 Å². The minimum absolute atomic E-state index is 0.282. The predicted octanol–water partition coefficient (Wildman–Crippen LogP) is 4.28. The van der Waals surface area contributed by atoms with Gasteiger partial charge in [-0.1, -0.05) is 67.2 Å². The van der Waals surface area contributed by atoms with Gasteiger partial charge in [-0.25, -0.2) is 0 Å². The van der Waals surface area contributed by atoms with Crippen LogP contribution in [0, 0.1) is 0 Å². The lowest BCUT2D eigenvalue weighted by atomic mass is 10.0. The van der Waals surface area contributed by atoms with Crippen LogP contribution in [-0.4, -0.2) is 27.8 Å². The highest BCUT2D eigenvalue weighted by atomic mass is 16.4. The van der Waals surface area contributed by atoms with Crippen LogP contribution < -0.4 is 5.32 Å². The minimum Gasteiger partial charge on any atom is -0.481 e. The number of hydrogen-bond donors (Lipinski definition) is 2. The molecule has 0 saturated heterocycles. The Morgan fingerprint density at radius 3 is 1.94 bits per heavy atom. The molecule has 32 heavy (non-hydrogen) atoms. The zero-order valence-electron chi connectivity index (χ0n) is 17.5. The highest BCUT2D eigenvalue weighted by Crippen LogP contribution is 2.21. The molecule has 0 saturated carbocycles. The molecule has 0 radical (unpaired) electrons. The van der Waals surface area contributed by atoms with E-state index >= 15 is 0 Å². The molecule has 3 aromatic rings. The van der Waals surface area contributed by atoms with Gasteiger partial charge in [0.25, 0.3) is 5.91 Å². The van der Waals surface area contributed by atoms with E-state index in [0.717, 1.165) is 17.2 Å². The third-order valence-corrected chi connectivity index (χ3v) is 4.85. The van der Waals surface area contributed by atoms with Crippen LogP contribution in [0.25, 0.3) is 0 Å². The van der Waals surface area contributed by atoms with Crippen molar-refractivity contribution in [3.05, 3.63) is 114 Å². The number of anilines is 1. The Kier molecular flexibility index (Phi) is 7.54. The molecule has 0 heterocycles. The molecule has 0 fully saturated rings. The number of carbonyl (C=O) groups is 3. The molecular weight excluding hydrogens is 404 g/mol. The molecule has 0 bridgehead atoms. The number of nitrogens with one attached hydrogen (secondary N) is 1. The standard InChI is InChI=1S/C26H24N2O4/c1-2-24(29)27-22-13-14-23(21(15-22)16-25(30)31)26(32)28(17-19-9-5-3-6-10-19)18-20-11-7-4-8-12-20/h2-15H,1,16-18H2,(H,27,29)(H,30,31). The Labute approximate surface area is 186 Å². The number of nitrogens with zero attached hydrogens (tertiary/aromatic N) is 1. The second-order valence-corrected chi connectivity index (χ2v) is 7.27. The molecule has 0 aromatic heterocycles. The highest BCUT2D eigenvalue weighted by molar-refractivity contribution is 6.01. The first-order chi connectivity index (χ1) is 15.5. The van der Waals surface area contributed by atoms with Gasteiger partial charge < -0.3 is 15.3 Å². The Morgan fingerprint density at radius 2 is 1.44 bits per heavy atom. The van der Waals surface area contributed by atoms with Crippen molar-refractivity contribution in [2.24, 2.45) is 0 Å². The second-order valence-electron chi connectivity index (χ2n) is 7.27.